The van der Waals surface area contributed by atoms with Gasteiger partial charge in [-0.15, -0.1) is 0 Å². The lowest BCUT2D eigenvalue weighted by Crippen LogP contribution is -2.10. The molecule has 0 aliphatic heterocycles. The summed E-state index contributed by atoms with van der Waals surface area (Å²) in [4.78, 5) is 16.2. The van der Waals surface area contributed by atoms with E-state index in [4.69, 9.17) is 5.73 Å². The lowest BCUT2D eigenvalue weighted by Gasteiger charge is -2.04. The summed E-state index contributed by atoms with van der Waals surface area (Å²) >= 11 is 0. The van der Waals surface area contributed by atoms with Crippen molar-refractivity contribution in [2.75, 3.05) is 0 Å². The third-order valence-electron chi connectivity index (χ3n) is 2.80. The number of nitrogens with one attached hydrogen (secondary N) is 1. The maximum atomic E-state index is 5.69. The van der Waals surface area contributed by atoms with Crippen molar-refractivity contribution >= 4 is 17.4 Å². The van der Waals surface area contributed by atoms with E-state index in [2.05, 4.69) is 32.9 Å². The van der Waals surface area contributed by atoms with Gasteiger partial charge in [-0.3, -0.25) is 0 Å². The molecule has 0 fully saturated rings. The van der Waals surface area contributed by atoms with Crippen LogP contribution in [0.4, 0.5) is 5.69 Å². The summed E-state index contributed by atoms with van der Waals surface area (Å²) in [6.45, 7) is 7.71. The number of aryl methyl sites for hydroxylation is 3. The summed E-state index contributed by atoms with van der Waals surface area (Å²) in [5.74, 6) is 1.82. The van der Waals surface area contributed by atoms with E-state index in [1.807, 2.05) is 26.0 Å². The van der Waals surface area contributed by atoms with Crippen molar-refractivity contribution in [3.05, 3.63) is 47.0 Å². The fourth-order valence-corrected chi connectivity index (χ4v) is 1.89. The summed E-state index contributed by atoms with van der Waals surface area (Å²) in [7, 11) is 0. The number of rotatable bonds is 2. The largest absolute Gasteiger partial charge is 0.387 e. The molecule has 1 heterocycles. The zero-order valence-electron chi connectivity index (χ0n) is 12.2. The first-order valence-electron chi connectivity index (χ1n) is 6.44. The van der Waals surface area contributed by atoms with Crippen molar-refractivity contribution in [2.24, 2.45) is 15.7 Å². The number of nitrogens with two attached hydrogens (primary N) is 1. The molecule has 0 radical (unpaired) electrons. The Morgan fingerprint density at radius 3 is 2.55 bits per heavy atom. The first-order valence-corrected chi connectivity index (χ1v) is 6.44. The molecule has 20 heavy (non-hydrogen) atoms. The summed E-state index contributed by atoms with van der Waals surface area (Å²) in [5.41, 5.74) is 9.63. The maximum absolute atomic E-state index is 5.69. The molecule has 0 bridgehead atoms. The van der Waals surface area contributed by atoms with E-state index >= 15 is 0 Å². The number of hydrogen-bond donors (Lipinski definition) is 2. The van der Waals surface area contributed by atoms with Crippen LogP contribution in [0.25, 0.3) is 0 Å². The second-order valence-electron chi connectivity index (χ2n) is 4.86. The van der Waals surface area contributed by atoms with Crippen molar-refractivity contribution in [3.63, 3.8) is 0 Å². The van der Waals surface area contributed by atoms with Gasteiger partial charge in [0.15, 0.2) is 5.84 Å². The van der Waals surface area contributed by atoms with Crippen LogP contribution in [0.3, 0.4) is 0 Å². The standard InChI is InChI=1S/C15H19N5/c1-9-5-6-13(10(2)7-9)20-15(18-11(3)16)14-8-17-12(4)19-14/h5-8H,1-4H3,(H,17,19)(H2,16,18,20). The second kappa shape index (κ2) is 5.69. The number of amidine groups is 2. The summed E-state index contributed by atoms with van der Waals surface area (Å²) in [6.07, 6.45) is 1.71. The van der Waals surface area contributed by atoms with Crippen LogP contribution in [-0.4, -0.2) is 21.6 Å². The van der Waals surface area contributed by atoms with E-state index in [1.165, 1.54) is 5.56 Å². The molecule has 104 valence electrons. The summed E-state index contributed by atoms with van der Waals surface area (Å²) in [5, 5.41) is 0. The predicted octanol–water partition coefficient (Wildman–Crippen LogP) is 2.79. The molecule has 3 N–H and O–H groups in total. The van der Waals surface area contributed by atoms with Crippen LogP contribution in [-0.2, 0) is 0 Å². The van der Waals surface area contributed by atoms with Crippen LogP contribution in [0.15, 0.2) is 34.4 Å². The molecule has 0 amide bonds. The van der Waals surface area contributed by atoms with Gasteiger partial charge in [0, 0.05) is 0 Å². The molecule has 0 unspecified atom stereocenters. The van der Waals surface area contributed by atoms with Crippen LogP contribution in [0, 0.1) is 20.8 Å². The molecule has 5 nitrogen and oxygen atoms in total. The Bertz CT molecular complexity index is 675. The molecular weight excluding hydrogens is 250 g/mol. The van der Waals surface area contributed by atoms with E-state index in [0.29, 0.717) is 11.7 Å². The molecule has 0 saturated carbocycles. The van der Waals surface area contributed by atoms with Gasteiger partial charge in [0.1, 0.15) is 11.5 Å². The highest BCUT2D eigenvalue weighted by molar-refractivity contribution is 6.05. The smallest absolute Gasteiger partial charge is 0.179 e. The van der Waals surface area contributed by atoms with E-state index in [9.17, 15) is 0 Å². The topological polar surface area (TPSA) is 79.4 Å². The zero-order valence-corrected chi connectivity index (χ0v) is 12.2. The van der Waals surface area contributed by atoms with Crippen LogP contribution in [0.2, 0.25) is 0 Å². The first kappa shape index (κ1) is 14.0. The van der Waals surface area contributed by atoms with Crippen LogP contribution >= 0.6 is 0 Å². The average molecular weight is 269 g/mol. The lowest BCUT2D eigenvalue weighted by atomic mass is 10.1. The Hall–Kier alpha value is -2.43. The van der Waals surface area contributed by atoms with Gasteiger partial charge < -0.3 is 10.7 Å². The molecule has 1 aromatic heterocycles. The lowest BCUT2D eigenvalue weighted by molar-refractivity contribution is 1.14. The predicted molar refractivity (Wildman–Crippen MR) is 82.7 cm³/mol. The number of aromatic amines is 1. The molecule has 0 aliphatic rings. The van der Waals surface area contributed by atoms with Gasteiger partial charge in [-0.25, -0.2) is 15.0 Å². The van der Waals surface area contributed by atoms with E-state index in [1.54, 1.807) is 13.1 Å². The minimum atomic E-state index is 0.459. The molecule has 2 rings (SSSR count). The van der Waals surface area contributed by atoms with Crippen LogP contribution in [0.5, 0.6) is 0 Å². The number of H-pyrrole nitrogens is 1. The van der Waals surface area contributed by atoms with Crippen LogP contribution < -0.4 is 5.73 Å². The molecule has 0 atom stereocenters. The number of hydrogen-bond acceptors (Lipinski definition) is 2. The fourth-order valence-electron chi connectivity index (χ4n) is 1.89. The van der Waals surface area contributed by atoms with Gasteiger partial charge in [-0.2, -0.15) is 0 Å². The van der Waals surface area contributed by atoms with Crippen molar-refractivity contribution < 1.29 is 0 Å². The number of benzene rings is 1. The van der Waals surface area contributed by atoms with Gasteiger partial charge in [-0.05, 0) is 39.3 Å². The van der Waals surface area contributed by atoms with Crippen molar-refractivity contribution in [1.29, 1.82) is 0 Å². The highest BCUT2D eigenvalue weighted by atomic mass is 15.0. The SMILES string of the molecule is CC(N)=NC(=Nc1ccc(C)cc1C)c1cnc(C)[nH]1. The third kappa shape index (κ3) is 3.32. The van der Waals surface area contributed by atoms with Crippen molar-refractivity contribution in [1.82, 2.24) is 9.97 Å². The quantitative estimate of drug-likeness (QED) is 0.649. The molecule has 0 spiro atoms. The minimum Gasteiger partial charge on any atom is -0.387 e. The zero-order chi connectivity index (χ0) is 14.7. The minimum absolute atomic E-state index is 0.459. The molecule has 1 aromatic carbocycles. The molecular formula is C15H19N5. The van der Waals surface area contributed by atoms with E-state index in [-0.39, 0.29) is 0 Å². The number of imidazole rings is 1. The monoisotopic (exact) mass is 269 g/mol. The van der Waals surface area contributed by atoms with Crippen molar-refractivity contribution in [2.45, 2.75) is 27.7 Å². The molecule has 0 saturated heterocycles. The number of aromatic nitrogens is 2. The first-order chi connectivity index (χ1) is 9.45. The third-order valence-corrected chi connectivity index (χ3v) is 2.80. The fraction of sp³-hybridized carbons (Fsp3) is 0.267. The Morgan fingerprint density at radius 2 is 2.00 bits per heavy atom. The van der Waals surface area contributed by atoms with Gasteiger partial charge in [0.05, 0.1) is 17.7 Å². The van der Waals surface area contributed by atoms with Gasteiger partial charge in [0.25, 0.3) is 0 Å². The normalized spacial score (nSPS) is 12.8. The van der Waals surface area contributed by atoms with Gasteiger partial charge >= 0.3 is 0 Å². The Labute approximate surface area is 118 Å². The molecule has 0 aliphatic carbocycles. The van der Waals surface area contributed by atoms with E-state index < -0.39 is 0 Å². The van der Waals surface area contributed by atoms with Crippen molar-refractivity contribution in [3.8, 4) is 0 Å². The maximum Gasteiger partial charge on any atom is 0.179 e. The number of nitrogens with zero attached hydrogens (tertiary/aromatic N) is 3. The average Bonchev–Trinajstić information content (AvgIpc) is 2.78. The molecule has 2 aromatic rings. The van der Waals surface area contributed by atoms with Gasteiger partial charge in [0.2, 0.25) is 0 Å². The summed E-state index contributed by atoms with van der Waals surface area (Å²) < 4.78 is 0. The summed E-state index contributed by atoms with van der Waals surface area (Å²) in [6, 6.07) is 6.10. The second-order valence-corrected chi connectivity index (χ2v) is 4.86. The van der Waals surface area contributed by atoms with E-state index in [0.717, 1.165) is 22.8 Å². The highest BCUT2D eigenvalue weighted by Gasteiger charge is 2.07. The Morgan fingerprint density at radius 1 is 1.25 bits per heavy atom. The molecule has 5 heteroatoms. The van der Waals surface area contributed by atoms with Gasteiger partial charge in [-0.1, -0.05) is 17.7 Å². The Balaban J connectivity index is 2.51. The number of aliphatic imine (C=N–C) groups is 2. The highest BCUT2D eigenvalue weighted by Crippen LogP contribution is 2.21. The Kier molecular flexibility index (Phi) is 3.98. The van der Waals surface area contributed by atoms with Crippen LogP contribution in [0.1, 0.15) is 29.6 Å².